The number of amides is 1. The molecule has 0 aromatic carbocycles. The third-order valence-electron chi connectivity index (χ3n) is 1.75. The van der Waals surface area contributed by atoms with Gasteiger partial charge in [-0.3, -0.25) is 4.79 Å². The van der Waals surface area contributed by atoms with Gasteiger partial charge in [0, 0.05) is 12.5 Å². The number of alkyl halides is 1. The van der Waals surface area contributed by atoms with Crippen molar-refractivity contribution in [3.63, 3.8) is 0 Å². The highest BCUT2D eigenvalue weighted by atomic mass is 35.5. The van der Waals surface area contributed by atoms with Gasteiger partial charge in [0.1, 0.15) is 0 Å². The molecule has 2 nitrogen and oxygen atoms in total. The fourth-order valence-electron chi connectivity index (χ4n) is 1.01. The number of hydrogen-bond acceptors (Lipinski definition) is 1. The Morgan fingerprint density at radius 2 is 1.85 bits per heavy atom. The summed E-state index contributed by atoms with van der Waals surface area (Å²) in [5, 5.41) is 2.87. The van der Waals surface area contributed by atoms with Gasteiger partial charge < -0.3 is 5.32 Å². The van der Waals surface area contributed by atoms with Crippen LogP contribution in [0, 0.1) is 11.8 Å². The molecule has 3 heteroatoms. The zero-order chi connectivity index (χ0) is 10.4. The highest BCUT2D eigenvalue weighted by Crippen LogP contribution is 2.09. The largest absolute Gasteiger partial charge is 0.354 e. The van der Waals surface area contributed by atoms with Crippen LogP contribution in [0.4, 0.5) is 0 Å². The van der Waals surface area contributed by atoms with Gasteiger partial charge in [0.25, 0.3) is 0 Å². The van der Waals surface area contributed by atoms with Gasteiger partial charge >= 0.3 is 0 Å². The van der Waals surface area contributed by atoms with Crippen LogP contribution in [0.5, 0.6) is 0 Å². The Balaban J connectivity index is 3.58. The van der Waals surface area contributed by atoms with Crippen LogP contribution in [0.2, 0.25) is 0 Å². The second-order valence-electron chi connectivity index (χ2n) is 4.13. The molecule has 0 spiro atoms. The third-order valence-corrected chi connectivity index (χ3v) is 2.08. The van der Waals surface area contributed by atoms with E-state index in [0.717, 1.165) is 6.42 Å². The summed E-state index contributed by atoms with van der Waals surface area (Å²) in [6.45, 7) is 8.58. The van der Waals surface area contributed by atoms with E-state index in [1.54, 1.807) is 0 Å². The summed E-state index contributed by atoms with van der Waals surface area (Å²) < 4.78 is 0. The first kappa shape index (κ1) is 12.8. The molecular formula is C10H20ClNO. The molecule has 13 heavy (non-hydrogen) atoms. The smallest absolute Gasteiger partial charge is 0.222 e. The molecule has 0 aliphatic heterocycles. The van der Waals surface area contributed by atoms with Crippen LogP contribution in [0.15, 0.2) is 0 Å². The lowest BCUT2D eigenvalue weighted by Crippen LogP contribution is -2.33. The standard InChI is InChI=1S/C10H20ClNO/c1-7(2)5-9(11)6-12-10(13)8(3)4/h7-9H,5-6H2,1-4H3,(H,12,13). The lowest BCUT2D eigenvalue weighted by Gasteiger charge is -2.13. The molecule has 1 amide bonds. The minimum Gasteiger partial charge on any atom is -0.354 e. The summed E-state index contributed by atoms with van der Waals surface area (Å²) in [6, 6.07) is 0. The molecule has 0 saturated carbocycles. The lowest BCUT2D eigenvalue weighted by atomic mass is 10.1. The topological polar surface area (TPSA) is 29.1 Å². The molecule has 0 rings (SSSR count). The Hall–Kier alpha value is -0.240. The van der Waals surface area contributed by atoms with Crippen molar-refractivity contribution in [1.29, 1.82) is 0 Å². The van der Waals surface area contributed by atoms with Gasteiger partial charge in [-0.25, -0.2) is 0 Å². The number of nitrogens with one attached hydrogen (secondary N) is 1. The number of halogens is 1. The van der Waals surface area contributed by atoms with Gasteiger partial charge in [0.15, 0.2) is 0 Å². The van der Waals surface area contributed by atoms with E-state index >= 15 is 0 Å². The zero-order valence-corrected chi connectivity index (χ0v) is 9.69. The fraction of sp³-hybridized carbons (Fsp3) is 0.900. The van der Waals surface area contributed by atoms with E-state index in [0.29, 0.717) is 12.5 Å². The Bertz CT molecular complexity index is 157. The summed E-state index contributed by atoms with van der Waals surface area (Å²) in [5.74, 6) is 0.704. The summed E-state index contributed by atoms with van der Waals surface area (Å²) in [4.78, 5) is 11.2. The third kappa shape index (κ3) is 6.88. The van der Waals surface area contributed by atoms with Gasteiger partial charge in [-0.2, -0.15) is 0 Å². The van der Waals surface area contributed by atoms with Crippen LogP contribution >= 0.6 is 11.6 Å². The molecule has 0 heterocycles. The maximum absolute atomic E-state index is 11.2. The second kappa shape index (κ2) is 6.25. The maximum Gasteiger partial charge on any atom is 0.222 e. The van der Waals surface area contributed by atoms with E-state index in [4.69, 9.17) is 11.6 Å². The molecule has 1 N–H and O–H groups in total. The molecule has 0 aromatic rings. The number of carbonyl (C=O) groups excluding carboxylic acids is 1. The van der Waals surface area contributed by atoms with Crippen LogP contribution in [-0.4, -0.2) is 17.8 Å². The average molecular weight is 206 g/mol. The van der Waals surface area contributed by atoms with Gasteiger partial charge in [0.2, 0.25) is 5.91 Å². The Labute approximate surface area is 86.0 Å². The molecule has 0 bridgehead atoms. The van der Waals surface area contributed by atoms with Gasteiger partial charge in [-0.1, -0.05) is 27.7 Å². The molecule has 0 saturated heterocycles. The van der Waals surface area contributed by atoms with Gasteiger partial charge in [0.05, 0.1) is 5.38 Å². The van der Waals surface area contributed by atoms with Gasteiger partial charge in [-0.15, -0.1) is 11.6 Å². The molecule has 0 aromatic heterocycles. The van der Waals surface area contributed by atoms with Crippen molar-refractivity contribution in [1.82, 2.24) is 5.32 Å². The van der Waals surface area contributed by atoms with Crippen molar-refractivity contribution < 1.29 is 4.79 Å². The first-order chi connectivity index (χ1) is 5.93. The van der Waals surface area contributed by atoms with Gasteiger partial charge in [-0.05, 0) is 12.3 Å². The van der Waals surface area contributed by atoms with Crippen molar-refractivity contribution in [2.75, 3.05) is 6.54 Å². The number of rotatable bonds is 5. The fourth-order valence-corrected chi connectivity index (χ4v) is 1.44. The Morgan fingerprint density at radius 3 is 2.23 bits per heavy atom. The van der Waals surface area contributed by atoms with E-state index in [1.165, 1.54) is 0 Å². The van der Waals surface area contributed by atoms with Crippen molar-refractivity contribution in [3.05, 3.63) is 0 Å². The van der Waals surface area contributed by atoms with Crippen LogP contribution in [0.1, 0.15) is 34.1 Å². The Kier molecular flexibility index (Phi) is 6.13. The summed E-state index contributed by atoms with van der Waals surface area (Å²) in [7, 11) is 0. The van der Waals surface area contributed by atoms with E-state index in [1.807, 2.05) is 13.8 Å². The minimum absolute atomic E-state index is 0.0444. The van der Waals surface area contributed by atoms with Crippen molar-refractivity contribution in [3.8, 4) is 0 Å². The van der Waals surface area contributed by atoms with Crippen molar-refractivity contribution in [2.45, 2.75) is 39.5 Å². The van der Waals surface area contributed by atoms with E-state index in [9.17, 15) is 4.79 Å². The highest BCUT2D eigenvalue weighted by Gasteiger charge is 2.10. The highest BCUT2D eigenvalue weighted by molar-refractivity contribution is 6.20. The van der Waals surface area contributed by atoms with E-state index < -0.39 is 0 Å². The van der Waals surface area contributed by atoms with Crippen molar-refractivity contribution >= 4 is 17.5 Å². The summed E-state index contributed by atoms with van der Waals surface area (Å²) in [6.07, 6.45) is 0.944. The van der Waals surface area contributed by atoms with Crippen LogP contribution in [-0.2, 0) is 4.79 Å². The first-order valence-electron chi connectivity index (χ1n) is 4.85. The average Bonchev–Trinajstić information content (AvgIpc) is 1.98. The minimum atomic E-state index is 0.0444. The Morgan fingerprint density at radius 1 is 1.31 bits per heavy atom. The second-order valence-corrected chi connectivity index (χ2v) is 4.74. The normalized spacial score (nSPS) is 13.5. The molecule has 1 unspecified atom stereocenters. The zero-order valence-electron chi connectivity index (χ0n) is 8.93. The van der Waals surface area contributed by atoms with E-state index in [-0.39, 0.29) is 17.2 Å². The van der Waals surface area contributed by atoms with Crippen LogP contribution < -0.4 is 5.32 Å². The molecule has 0 aliphatic rings. The van der Waals surface area contributed by atoms with Crippen LogP contribution in [0.3, 0.4) is 0 Å². The lowest BCUT2D eigenvalue weighted by molar-refractivity contribution is -0.123. The number of hydrogen-bond donors (Lipinski definition) is 1. The molecular weight excluding hydrogens is 186 g/mol. The SMILES string of the molecule is CC(C)CC(Cl)CNC(=O)C(C)C. The molecule has 0 aliphatic carbocycles. The predicted octanol–water partition coefficient (Wildman–Crippen LogP) is 2.41. The maximum atomic E-state index is 11.2. The molecule has 0 fully saturated rings. The molecule has 1 atom stereocenters. The quantitative estimate of drug-likeness (QED) is 0.687. The first-order valence-corrected chi connectivity index (χ1v) is 5.29. The monoisotopic (exact) mass is 205 g/mol. The van der Waals surface area contributed by atoms with E-state index in [2.05, 4.69) is 19.2 Å². The molecule has 0 radical (unpaired) electrons. The molecule has 78 valence electrons. The van der Waals surface area contributed by atoms with Crippen molar-refractivity contribution in [2.24, 2.45) is 11.8 Å². The summed E-state index contributed by atoms with van der Waals surface area (Å²) >= 11 is 6.01. The van der Waals surface area contributed by atoms with Crippen LogP contribution in [0.25, 0.3) is 0 Å². The summed E-state index contributed by atoms with van der Waals surface area (Å²) in [5.41, 5.74) is 0. The predicted molar refractivity (Wildman–Crippen MR) is 56.9 cm³/mol. The number of carbonyl (C=O) groups is 1.